The van der Waals surface area contributed by atoms with Crippen molar-refractivity contribution in [3.63, 3.8) is 0 Å². The van der Waals surface area contributed by atoms with Crippen molar-refractivity contribution >= 4 is 27.7 Å². The van der Waals surface area contributed by atoms with E-state index in [1.54, 1.807) is 4.90 Å². The molecule has 2 aliphatic rings. The van der Waals surface area contributed by atoms with Gasteiger partial charge in [-0.2, -0.15) is 4.31 Å². The van der Waals surface area contributed by atoms with E-state index < -0.39 is 21.8 Å². The zero-order valence-electron chi connectivity index (χ0n) is 16.4. The molecule has 9 nitrogen and oxygen atoms in total. The maximum Gasteiger partial charge on any atom is 0.269 e. The minimum absolute atomic E-state index is 0.0581. The molecule has 0 saturated carbocycles. The Bertz CT molecular complexity index is 896. The number of carbonyl (C=O) groups excluding carboxylic acids is 3. The highest BCUT2D eigenvalue weighted by Gasteiger charge is 2.29. The number of sulfonamides is 1. The lowest BCUT2D eigenvalue weighted by molar-refractivity contribution is -0.134. The first-order valence-corrected chi connectivity index (χ1v) is 11.2. The van der Waals surface area contributed by atoms with Crippen molar-refractivity contribution in [2.24, 2.45) is 5.92 Å². The van der Waals surface area contributed by atoms with Gasteiger partial charge in [-0.1, -0.05) is 6.07 Å². The number of hydrogen-bond donors (Lipinski definition) is 2. The van der Waals surface area contributed by atoms with E-state index in [0.717, 1.165) is 19.3 Å². The first kappa shape index (κ1) is 21.3. The highest BCUT2D eigenvalue weighted by molar-refractivity contribution is 7.89. The van der Waals surface area contributed by atoms with Crippen LogP contribution >= 0.6 is 0 Å². The van der Waals surface area contributed by atoms with Gasteiger partial charge in [0.25, 0.3) is 5.91 Å². The summed E-state index contributed by atoms with van der Waals surface area (Å²) < 4.78 is 26.7. The van der Waals surface area contributed by atoms with Crippen LogP contribution in [0.2, 0.25) is 0 Å². The molecule has 2 N–H and O–H groups in total. The molecule has 0 spiro atoms. The van der Waals surface area contributed by atoms with Crippen molar-refractivity contribution in [2.75, 3.05) is 26.2 Å². The van der Waals surface area contributed by atoms with Gasteiger partial charge in [0, 0.05) is 38.7 Å². The van der Waals surface area contributed by atoms with E-state index in [2.05, 4.69) is 10.9 Å². The lowest BCUT2D eigenvalue weighted by atomic mass is 9.97. The van der Waals surface area contributed by atoms with Crippen LogP contribution < -0.4 is 10.9 Å². The molecule has 3 rings (SSSR count). The van der Waals surface area contributed by atoms with Gasteiger partial charge in [0.2, 0.25) is 21.8 Å². The standard InChI is InChI=1S/C19H26N4O5S/c1-14(24)22-9-5-7-16(13-22)19(26)21-20-18(25)15-6-4-8-17(12-15)29(27,28)23-10-2-3-11-23/h4,6,8,12,16H,2-3,5,7,9-11,13H2,1H3,(H,20,25)(H,21,26)/t16-/m1/s1. The number of likely N-dealkylation sites (tertiary alicyclic amines) is 1. The fraction of sp³-hybridized carbons (Fsp3) is 0.526. The molecule has 0 unspecified atom stereocenters. The zero-order chi connectivity index (χ0) is 21.0. The van der Waals surface area contributed by atoms with Gasteiger partial charge in [0.05, 0.1) is 10.8 Å². The van der Waals surface area contributed by atoms with E-state index in [0.29, 0.717) is 32.6 Å². The molecule has 10 heteroatoms. The molecular weight excluding hydrogens is 396 g/mol. The smallest absolute Gasteiger partial charge is 0.269 e. The number of nitrogens with one attached hydrogen (secondary N) is 2. The van der Waals surface area contributed by atoms with E-state index >= 15 is 0 Å². The third-order valence-corrected chi connectivity index (χ3v) is 7.23. The van der Waals surface area contributed by atoms with E-state index in [9.17, 15) is 22.8 Å². The second-order valence-electron chi connectivity index (χ2n) is 7.39. The van der Waals surface area contributed by atoms with Gasteiger partial charge in [-0.15, -0.1) is 0 Å². The van der Waals surface area contributed by atoms with Crippen LogP contribution in [0.25, 0.3) is 0 Å². The van der Waals surface area contributed by atoms with Crippen LogP contribution in [0.4, 0.5) is 0 Å². The Labute approximate surface area is 170 Å². The molecule has 2 aliphatic heterocycles. The summed E-state index contributed by atoms with van der Waals surface area (Å²) >= 11 is 0. The monoisotopic (exact) mass is 422 g/mol. The van der Waals surface area contributed by atoms with Crippen molar-refractivity contribution < 1.29 is 22.8 Å². The Kier molecular flexibility index (Phi) is 6.53. The average molecular weight is 423 g/mol. The van der Waals surface area contributed by atoms with Crippen LogP contribution in [-0.4, -0.2) is 61.5 Å². The topological polar surface area (TPSA) is 116 Å². The molecule has 1 atom stereocenters. The van der Waals surface area contributed by atoms with Crippen molar-refractivity contribution in [1.29, 1.82) is 0 Å². The largest absolute Gasteiger partial charge is 0.342 e. The molecule has 158 valence electrons. The first-order valence-electron chi connectivity index (χ1n) is 9.75. The SMILES string of the molecule is CC(=O)N1CCC[C@@H](C(=O)NNC(=O)c2cccc(S(=O)(=O)N3CCCC3)c2)C1. The number of carbonyl (C=O) groups is 3. The van der Waals surface area contributed by atoms with Crippen LogP contribution in [-0.2, 0) is 19.6 Å². The van der Waals surface area contributed by atoms with Gasteiger partial charge in [-0.05, 0) is 43.9 Å². The maximum atomic E-state index is 12.7. The molecule has 2 fully saturated rings. The van der Waals surface area contributed by atoms with Crippen LogP contribution in [0, 0.1) is 5.92 Å². The minimum Gasteiger partial charge on any atom is -0.342 e. The lowest BCUT2D eigenvalue weighted by Gasteiger charge is -2.31. The fourth-order valence-electron chi connectivity index (χ4n) is 3.65. The number of rotatable bonds is 4. The molecule has 0 aliphatic carbocycles. The molecule has 0 bridgehead atoms. The Morgan fingerprint density at radius 3 is 2.45 bits per heavy atom. The van der Waals surface area contributed by atoms with Crippen LogP contribution in [0.1, 0.15) is 43.0 Å². The van der Waals surface area contributed by atoms with Crippen molar-refractivity contribution in [1.82, 2.24) is 20.1 Å². The zero-order valence-corrected chi connectivity index (χ0v) is 17.2. The molecule has 2 heterocycles. The summed E-state index contributed by atoms with van der Waals surface area (Å²) in [6.45, 7) is 3.37. The number of piperidine rings is 1. The fourth-order valence-corrected chi connectivity index (χ4v) is 5.21. The van der Waals surface area contributed by atoms with Crippen LogP contribution in [0.5, 0.6) is 0 Å². The number of amides is 3. The summed E-state index contributed by atoms with van der Waals surface area (Å²) in [7, 11) is -3.63. The van der Waals surface area contributed by atoms with Gasteiger partial charge in [-0.3, -0.25) is 25.2 Å². The lowest BCUT2D eigenvalue weighted by Crippen LogP contribution is -2.49. The predicted octanol–water partition coefficient (Wildman–Crippen LogP) is 0.491. The number of benzene rings is 1. The van der Waals surface area contributed by atoms with E-state index in [-0.39, 0.29) is 22.3 Å². The summed E-state index contributed by atoms with van der Waals surface area (Å²) in [6, 6.07) is 5.77. The van der Waals surface area contributed by atoms with Crippen LogP contribution in [0.15, 0.2) is 29.2 Å². The molecule has 1 aromatic rings. The Morgan fingerprint density at radius 1 is 1.03 bits per heavy atom. The first-order chi connectivity index (χ1) is 13.8. The summed E-state index contributed by atoms with van der Waals surface area (Å²) in [5.74, 6) is -1.45. The highest BCUT2D eigenvalue weighted by atomic mass is 32.2. The summed E-state index contributed by atoms with van der Waals surface area (Å²) in [5, 5.41) is 0. The number of nitrogens with zero attached hydrogens (tertiary/aromatic N) is 2. The minimum atomic E-state index is -3.63. The average Bonchev–Trinajstić information content (AvgIpc) is 3.27. The van der Waals surface area contributed by atoms with Crippen LogP contribution in [0.3, 0.4) is 0 Å². The molecule has 3 amide bonds. The third-order valence-electron chi connectivity index (χ3n) is 5.34. The number of hydrogen-bond acceptors (Lipinski definition) is 5. The van der Waals surface area contributed by atoms with Gasteiger partial charge in [0.15, 0.2) is 0 Å². The molecular formula is C19H26N4O5S. The summed E-state index contributed by atoms with van der Waals surface area (Å²) in [6.07, 6.45) is 3.01. The summed E-state index contributed by atoms with van der Waals surface area (Å²) in [5.41, 5.74) is 4.86. The van der Waals surface area contributed by atoms with E-state index in [1.165, 1.54) is 35.5 Å². The van der Waals surface area contributed by atoms with Crippen molar-refractivity contribution in [2.45, 2.75) is 37.5 Å². The normalized spacial score (nSPS) is 20.3. The Hall–Kier alpha value is -2.46. The number of hydrazine groups is 1. The van der Waals surface area contributed by atoms with Gasteiger partial charge in [0.1, 0.15) is 0 Å². The summed E-state index contributed by atoms with van der Waals surface area (Å²) in [4.78, 5) is 37.9. The van der Waals surface area contributed by atoms with Crippen molar-refractivity contribution in [3.05, 3.63) is 29.8 Å². The third kappa shape index (κ3) is 4.94. The maximum absolute atomic E-state index is 12.7. The second-order valence-corrected chi connectivity index (χ2v) is 9.32. The Morgan fingerprint density at radius 2 is 1.76 bits per heavy atom. The van der Waals surface area contributed by atoms with Gasteiger partial charge in [-0.25, -0.2) is 8.42 Å². The molecule has 29 heavy (non-hydrogen) atoms. The molecule has 0 radical (unpaired) electrons. The molecule has 1 aromatic carbocycles. The van der Waals surface area contributed by atoms with Gasteiger partial charge < -0.3 is 4.90 Å². The Balaban J connectivity index is 1.61. The quantitative estimate of drug-likeness (QED) is 0.685. The highest BCUT2D eigenvalue weighted by Crippen LogP contribution is 2.21. The molecule has 0 aromatic heterocycles. The van der Waals surface area contributed by atoms with E-state index in [4.69, 9.17) is 0 Å². The van der Waals surface area contributed by atoms with Gasteiger partial charge >= 0.3 is 0 Å². The predicted molar refractivity (Wildman–Crippen MR) is 105 cm³/mol. The molecule has 2 saturated heterocycles. The van der Waals surface area contributed by atoms with E-state index in [1.807, 2.05) is 0 Å². The second kappa shape index (κ2) is 8.91. The van der Waals surface area contributed by atoms with Crippen molar-refractivity contribution in [3.8, 4) is 0 Å².